The Morgan fingerprint density at radius 1 is 1.26 bits per heavy atom. The van der Waals surface area contributed by atoms with E-state index in [1.807, 2.05) is 0 Å². The van der Waals surface area contributed by atoms with Crippen LogP contribution in [0.1, 0.15) is 12.8 Å². The van der Waals surface area contributed by atoms with Gasteiger partial charge >= 0.3 is 18.0 Å². The number of hydrogen-bond donors (Lipinski definition) is 0. The predicted octanol–water partition coefficient (Wildman–Crippen LogP) is 0.363. The Balaban J connectivity index is 2.61. The topological polar surface area (TPSA) is 96.7 Å². The van der Waals surface area contributed by atoms with E-state index in [0.717, 1.165) is 4.57 Å². The average molecular weight is 270 g/mol. The first-order valence-electron chi connectivity index (χ1n) is 5.42. The average Bonchev–Trinajstić information content (AvgIpc) is 2.95. The summed E-state index contributed by atoms with van der Waals surface area (Å²) in [7, 11) is 2.39. The highest BCUT2D eigenvalue weighted by atomic mass is 16.6. The van der Waals surface area contributed by atoms with Crippen molar-refractivity contribution in [3.8, 4) is 0 Å². The SMILES string of the molecule is COC(=O)CC[C@H](OC(=O)n1ccnc1)C(=O)OC. The lowest BCUT2D eigenvalue weighted by Crippen LogP contribution is -2.30. The van der Waals surface area contributed by atoms with E-state index in [0.29, 0.717) is 0 Å². The van der Waals surface area contributed by atoms with Crippen LogP contribution >= 0.6 is 0 Å². The normalized spacial score (nSPS) is 11.5. The Kier molecular flexibility index (Phi) is 5.52. The molecule has 0 saturated carbocycles. The van der Waals surface area contributed by atoms with E-state index in [2.05, 4.69) is 14.5 Å². The summed E-state index contributed by atoms with van der Waals surface area (Å²) in [6, 6.07) is 0. The Labute approximate surface area is 109 Å². The molecule has 1 aromatic heterocycles. The molecular weight excluding hydrogens is 256 g/mol. The minimum Gasteiger partial charge on any atom is -0.469 e. The van der Waals surface area contributed by atoms with Crippen molar-refractivity contribution in [1.29, 1.82) is 0 Å². The van der Waals surface area contributed by atoms with Crippen LogP contribution in [0.25, 0.3) is 0 Å². The summed E-state index contributed by atoms with van der Waals surface area (Å²) in [6.45, 7) is 0. The monoisotopic (exact) mass is 270 g/mol. The molecule has 0 N–H and O–H groups in total. The van der Waals surface area contributed by atoms with Crippen LogP contribution in [0, 0.1) is 0 Å². The van der Waals surface area contributed by atoms with Crippen molar-refractivity contribution in [2.75, 3.05) is 14.2 Å². The number of rotatable bonds is 5. The van der Waals surface area contributed by atoms with Crippen molar-refractivity contribution in [2.45, 2.75) is 18.9 Å². The molecule has 19 heavy (non-hydrogen) atoms. The number of hydrogen-bond acceptors (Lipinski definition) is 7. The molecule has 8 nitrogen and oxygen atoms in total. The van der Waals surface area contributed by atoms with E-state index >= 15 is 0 Å². The number of methoxy groups -OCH3 is 2. The maximum absolute atomic E-state index is 11.6. The number of ether oxygens (including phenoxy) is 3. The van der Waals surface area contributed by atoms with Gasteiger partial charge in [-0.1, -0.05) is 0 Å². The molecule has 1 aromatic rings. The van der Waals surface area contributed by atoms with Gasteiger partial charge in [0.2, 0.25) is 6.10 Å². The Bertz CT molecular complexity index is 442. The van der Waals surface area contributed by atoms with E-state index in [1.54, 1.807) is 0 Å². The van der Waals surface area contributed by atoms with Gasteiger partial charge in [-0.05, 0) is 0 Å². The first-order chi connectivity index (χ1) is 9.08. The molecule has 0 bridgehead atoms. The summed E-state index contributed by atoms with van der Waals surface area (Å²) in [6.07, 6.45) is 1.97. The van der Waals surface area contributed by atoms with E-state index in [4.69, 9.17) is 4.74 Å². The van der Waals surface area contributed by atoms with Crippen LogP contribution < -0.4 is 0 Å². The maximum atomic E-state index is 11.6. The highest BCUT2D eigenvalue weighted by Gasteiger charge is 2.25. The third kappa shape index (κ3) is 4.41. The van der Waals surface area contributed by atoms with Gasteiger partial charge in [0.1, 0.15) is 6.33 Å². The largest absolute Gasteiger partial charge is 0.469 e. The number of carbonyl (C=O) groups excluding carboxylic acids is 3. The highest BCUT2D eigenvalue weighted by molar-refractivity contribution is 5.80. The summed E-state index contributed by atoms with van der Waals surface area (Å²) in [5, 5.41) is 0. The first kappa shape index (κ1) is 14.7. The Hall–Kier alpha value is -2.38. The molecule has 104 valence electrons. The first-order valence-corrected chi connectivity index (χ1v) is 5.42. The van der Waals surface area contributed by atoms with Gasteiger partial charge in [-0.3, -0.25) is 4.79 Å². The Morgan fingerprint density at radius 3 is 2.53 bits per heavy atom. The Morgan fingerprint density at radius 2 is 2.00 bits per heavy atom. The zero-order valence-corrected chi connectivity index (χ0v) is 10.6. The number of imidazole rings is 1. The molecule has 0 aliphatic rings. The van der Waals surface area contributed by atoms with Gasteiger partial charge in [0.15, 0.2) is 0 Å². The second-order valence-electron chi connectivity index (χ2n) is 3.48. The fraction of sp³-hybridized carbons (Fsp3) is 0.455. The van der Waals surface area contributed by atoms with Crippen LogP contribution in [0.5, 0.6) is 0 Å². The molecule has 0 aliphatic heterocycles. The van der Waals surface area contributed by atoms with Gasteiger partial charge in [-0.15, -0.1) is 0 Å². The molecule has 1 heterocycles. The van der Waals surface area contributed by atoms with Gasteiger partial charge in [-0.25, -0.2) is 19.1 Å². The van der Waals surface area contributed by atoms with Crippen LogP contribution in [0.15, 0.2) is 18.7 Å². The quantitative estimate of drug-likeness (QED) is 0.563. The minimum absolute atomic E-state index is 0.0141. The molecule has 0 aromatic carbocycles. The van der Waals surface area contributed by atoms with E-state index < -0.39 is 24.1 Å². The van der Waals surface area contributed by atoms with Crippen molar-refractivity contribution in [3.63, 3.8) is 0 Å². The van der Waals surface area contributed by atoms with Crippen molar-refractivity contribution in [1.82, 2.24) is 9.55 Å². The molecule has 0 saturated heterocycles. The molecular formula is C11H14N2O6. The summed E-state index contributed by atoms with van der Waals surface area (Å²) in [5.41, 5.74) is 0. The molecule has 0 radical (unpaired) electrons. The second-order valence-corrected chi connectivity index (χ2v) is 3.48. The lowest BCUT2D eigenvalue weighted by atomic mass is 10.2. The fourth-order valence-corrected chi connectivity index (χ4v) is 1.26. The van der Waals surface area contributed by atoms with Crippen molar-refractivity contribution in [3.05, 3.63) is 18.7 Å². The summed E-state index contributed by atoms with van der Waals surface area (Å²) in [5.74, 6) is -1.25. The number of carbonyl (C=O) groups is 3. The summed E-state index contributed by atoms with van der Waals surface area (Å²) < 4.78 is 15.0. The van der Waals surface area contributed by atoms with Crippen molar-refractivity contribution < 1.29 is 28.6 Å². The number of esters is 2. The van der Waals surface area contributed by atoms with E-state index in [9.17, 15) is 14.4 Å². The van der Waals surface area contributed by atoms with Gasteiger partial charge in [0.05, 0.1) is 14.2 Å². The van der Waals surface area contributed by atoms with Crippen molar-refractivity contribution >= 4 is 18.0 Å². The fourth-order valence-electron chi connectivity index (χ4n) is 1.26. The smallest absolute Gasteiger partial charge is 0.420 e. The standard InChI is InChI=1S/C11H14N2O6/c1-17-9(14)4-3-8(10(15)18-2)19-11(16)13-6-5-12-7-13/h5-8H,3-4H2,1-2H3/t8-/m0/s1. The zero-order chi connectivity index (χ0) is 14.3. The van der Waals surface area contributed by atoms with Crippen LogP contribution in [0.2, 0.25) is 0 Å². The lowest BCUT2D eigenvalue weighted by Gasteiger charge is -2.14. The highest BCUT2D eigenvalue weighted by Crippen LogP contribution is 2.07. The minimum atomic E-state index is -1.17. The third-order valence-electron chi connectivity index (χ3n) is 2.26. The third-order valence-corrected chi connectivity index (χ3v) is 2.26. The van der Waals surface area contributed by atoms with Gasteiger partial charge < -0.3 is 14.2 Å². The molecule has 1 atom stereocenters. The molecule has 0 spiro atoms. The van der Waals surface area contributed by atoms with Crippen LogP contribution in [-0.4, -0.2) is 47.9 Å². The summed E-state index contributed by atoms with van der Waals surface area (Å²) >= 11 is 0. The second kappa shape index (κ2) is 7.14. The van der Waals surface area contributed by atoms with Crippen LogP contribution in [0.4, 0.5) is 4.79 Å². The molecule has 8 heteroatoms. The number of aromatic nitrogens is 2. The molecule has 0 aliphatic carbocycles. The van der Waals surface area contributed by atoms with Crippen LogP contribution in [0.3, 0.4) is 0 Å². The maximum Gasteiger partial charge on any atom is 0.420 e. The van der Waals surface area contributed by atoms with Gasteiger partial charge in [-0.2, -0.15) is 0 Å². The molecule has 0 fully saturated rings. The van der Waals surface area contributed by atoms with Gasteiger partial charge in [0.25, 0.3) is 0 Å². The molecule has 0 unspecified atom stereocenters. The summed E-state index contributed by atoms with van der Waals surface area (Å²) in [4.78, 5) is 37.8. The molecule has 0 amide bonds. The lowest BCUT2D eigenvalue weighted by molar-refractivity contribution is -0.151. The molecule has 1 rings (SSSR count). The van der Waals surface area contributed by atoms with Crippen molar-refractivity contribution in [2.24, 2.45) is 0 Å². The zero-order valence-electron chi connectivity index (χ0n) is 10.6. The van der Waals surface area contributed by atoms with E-state index in [-0.39, 0.29) is 12.8 Å². The van der Waals surface area contributed by atoms with Crippen LogP contribution in [-0.2, 0) is 23.8 Å². The van der Waals surface area contributed by atoms with E-state index in [1.165, 1.54) is 32.9 Å². The van der Waals surface area contributed by atoms with Gasteiger partial charge in [0, 0.05) is 25.2 Å². The predicted molar refractivity (Wildman–Crippen MR) is 61.2 cm³/mol. The number of nitrogens with zero attached hydrogens (tertiary/aromatic N) is 2.